The maximum absolute atomic E-state index is 13.5. The Labute approximate surface area is 165 Å². The van der Waals surface area contributed by atoms with Crippen LogP contribution in [0.3, 0.4) is 0 Å². The van der Waals surface area contributed by atoms with Crippen LogP contribution in [-0.4, -0.2) is 32.0 Å². The number of rotatable bonds is 7. The quantitative estimate of drug-likeness (QED) is 0.378. The maximum Gasteiger partial charge on any atom is 0.327 e. The van der Waals surface area contributed by atoms with E-state index in [2.05, 4.69) is 0 Å². The number of carbonyl (C=O) groups is 1. The number of hydrogen-bond acceptors (Lipinski definition) is 6. The Kier molecular flexibility index (Phi) is 6.57. The number of esters is 1. The highest BCUT2D eigenvalue weighted by Gasteiger charge is 2.33. The van der Waals surface area contributed by atoms with E-state index in [1.165, 1.54) is 12.1 Å². The summed E-state index contributed by atoms with van der Waals surface area (Å²) in [6, 6.07) is 7.70. The number of carbonyl (C=O) groups excluding carboxylic acids is 1. The molecule has 0 N–H and O–H groups in total. The third kappa shape index (κ3) is 4.76. The monoisotopic (exact) mass is 430 g/mol. The molecule has 0 fully saturated rings. The van der Waals surface area contributed by atoms with E-state index in [1.807, 2.05) is 0 Å². The highest BCUT2D eigenvalue weighted by Crippen LogP contribution is 2.31. The molecular weight excluding hydrogens is 415 g/mol. The number of hydrogen-bond donors (Lipinski definition) is 0. The Bertz CT molecular complexity index is 1010. The molecule has 2 aromatic rings. The molecule has 0 radical (unpaired) electrons. The first kappa shape index (κ1) is 21.6. The molecule has 0 bridgehead atoms. The van der Waals surface area contributed by atoms with Crippen LogP contribution in [0.4, 0.5) is 15.8 Å². The number of anilines is 1. The standard InChI is InChI=1S/C17H16ClFN2O6S/c1-11(2)27-17(22)10-20(12-7-8-14(19)13(18)9-12)28(25,26)16-6-4-3-5-15(16)21(23)24/h3-9,11H,10H2,1-2H3. The van der Waals surface area contributed by atoms with Crippen LogP contribution in [0.1, 0.15) is 13.8 Å². The van der Waals surface area contributed by atoms with Crippen molar-refractivity contribution in [3.63, 3.8) is 0 Å². The second-order valence-corrected chi connectivity index (χ2v) is 8.11. The molecule has 0 aromatic heterocycles. The summed E-state index contributed by atoms with van der Waals surface area (Å²) in [6.45, 7) is 2.37. The van der Waals surface area contributed by atoms with Gasteiger partial charge in [0.2, 0.25) is 0 Å². The van der Waals surface area contributed by atoms with Crippen molar-refractivity contribution >= 4 is 39.0 Å². The molecule has 0 spiro atoms. The van der Waals surface area contributed by atoms with Gasteiger partial charge in [0.1, 0.15) is 12.4 Å². The minimum Gasteiger partial charge on any atom is -0.462 e. The largest absolute Gasteiger partial charge is 0.462 e. The minimum absolute atomic E-state index is 0.148. The number of nitro groups is 1. The molecule has 2 aromatic carbocycles. The van der Waals surface area contributed by atoms with E-state index in [4.69, 9.17) is 16.3 Å². The van der Waals surface area contributed by atoms with Gasteiger partial charge in [-0.05, 0) is 38.1 Å². The summed E-state index contributed by atoms with van der Waals surface area (Å²) in [6.07, 6.45) is -0.514. The van der Waals surface area contributed by atoms with Crippen molar-refractivity contribution in [3.05, 3.63) is 63.4 Å². The predicted molar refractivity (Wildman–Crippen MR) is 100 cm³/mol. The van der Waals surface area contributed by atoms with E-state index in [1.54, 1.807) is 13.8 Å². The summed E-state index contributed by atoms with van der Waals surface area (Å²) in [5, 5.41) is 10.9. The average Bonchev–Trinajstić information content (AvgIpc) is 2.61. The Morgan fingerprint density at radius 3 is 2.50 bits per heavy atom. The first-order valence-corrected chi connectivity index (χ1v) is 9.76. The molecule has 0 unspecified atom stereocenters. The summed E-state index contributed by atoms with van der Waals surface area (Å²) in [5.41, 5.74) is -0.816. The molecule has 0 atom stereocenters. The Balaban J connectivity index is 2.61. The number of benzene rings is 2. The number of sulfonamides is 1. The van der Waals surface area contributed by atoms with Gasteiger partial charge in [-0.15, -0.1) is 0 Å². The lowest BCUT2D eigenvalue weighted by molar-refractivity contribution is -0.387. The van der Waals surface area contributed by atoms with Crippen molar-refractivity contribution in [1.29, 1.82) is 0 Å². The van der Waals surface area contributed by atoms with Crippen LogP contribution in [0.2, 0.25) is 5.02 Å². The van der Waals surface area contributed by atoms with E-state index >= 15 is 0 Å². The van der Waals surface area contributed by atoms with Gasteiger partial charge in [-0.2, -0.15) is 0 Å². The molecule has 0 saturated heterocycles. The average molecular weight is 431 g/mol. The van der Waals surface area contributed by atoms with Gasteiger partial charge in [-0.3, -0.25) is 19.2 Å². The van der Waals surface area contributed by atoms with Crippen LogP contribution >= 0.6 is 11.6 Å². The molecule has 150 valence electrons. The minimum atomic E-state index is -4.58. The lowest BCUT2D eigenvalue weighted by atomic mass is 10.3. The van der Waals surface area contributed by atoms with Crippen LogP contribution in [0, 0.1) is 15.9 Å². The molecule has 0 aliphatic heterocycles. The summed E-state index contributed by atoms with van der Waals surface area (Å²) in [7, 11) is -4.58. The topological polar surface area (TPSA) is 107 Å². The zero-order valence-corrected chi connectivity index (χ0v) is 16.4. The number of nitrogens with zero attached hydrogens (tertiary/aromatic N) is 2. The van der Waals surface area contributed by atoms with E-state index in [9.17, 15) is 27.7 Å². The SMILES string of the molecule is CC(C)OC(=O)CN(c1ccc(F)c(Cl)c1)S(=O)(=O)c1ccccc1[N+](=O)[O-]. The van der Waals surface area contributed by atoms with E-state index in [-0.39, 0.29) is 10.7 Å². The Morgan fingerprint density at radius 1 is 1.29 bits per heavy atom. The van der Waals surface area contributed by atoms with Crippen LogP contribution in [0.25, 0.3) is 0 Å². The summed E-state index contributed by atoms with van der Waals surface area (Å²) in [4.78, 5) is 21.9. The van der Waals surface area contributed by atoms with E-state index in [0.717, 1.165) is 30.3 Å². The maximum atomic E-state index is 13.5. The van der Waals surface area contributed by atoms with Crippen molar-refractivity contribution in [1.82, 2.24) is 0 Å². The second-order valence-electron chi connectivity index (χ2n) is 5.87. The van der Waals surface area contributed by atoms with Gasteiger partial charge in [0.25, 0.3) is 15.7 Å². The van der Waals surface area contributed by atoms with Crippen LogP contribution in [-0.2, 0) is 19.6 Å². The molecule has 2 rings (SSSR count). The summed E-state index contributed by atoms with van der Waals surface area (Å²) < 4.78 is 45.4. The zero-order valence-electron chi connectivity index (χ0n) is 14.8. The van der Waals surface area contributed by atoms with Crippen LogP contribution < -0.4 is 4.31 Å². The van der Waals surface area contributed by atoms with Gasteiger partial charge >= 0.3 is 5.97 Å². The number of nitro benzene ring substituents is 1. The molecule has 8 nitrogen and oxygen atoms in total. The fourth-order valence-corrected chi connectivity index (χ4v) is 4.05. The zero-order chi connectivity index (χ0) is 21.1. The number of para-hydroxylation sites is 1. The summed E-state index contributed by atoms with van der Waals surface area (Å²) in [5.74, 6) is -1.68. The van der Waals surface area contributed by atoms with Crippen molar-refractivity contribution < 1.29 is 27.3 Å². The first-order valence-electron chi connectivity index (χ1n) is 7.94. The molecule has 0 amide bonds. The fourth-order valence-electron chi connectivity index (χ4n) is 2.32. The van der Waals surface area contributed by atoms with Gasteiger partial charge in [0, 0.05) is 6.07 Å². The molecule has 0 heterocycles. The number of ether oxygens (including phenoxy) is 1. The van der Waals surface area contributed by atoms with Gasteiger partial charge in [0.15, 0.2) is 4.90 Å². The van der Waals surface area contributed by atoms with Gasteiger partial charge in [0.05, 0.1) is 21.7 Å². The lowest BCUT2D eigenvalue weighted by Crippen LogP contribution is -2.37. The molecular formula is C17H16ClFN2O6S. The first-order chi connectivity index (χ1) is 13.0. The number of halogens is 2. The second kappa shape index (κ2) is 8.53. The van der Waals surface area contributed by atoms with Crippen molar-refractivity contribution in [3.8, 4) is 0 Å². The summed E-state index contributed by atoms with van der Waals surface area (Å²) >= 11 is 5.74. The van der Waals surface area contributed by atoms with Crippen molar-refractivity contribution in [2.45, 2.75) is 24.8 Å². The molecule has 0 aliphatic rings. The van der Waals surface area contributed by atoms with Crippen LogP contribution in [0.5, 0.6) is 0 Å². The molecule has 11 heteroatoms. The van der Waals surface area contributed by atoms with Gasteiger partial charge in [-0.25, -0.2) is 12.8 Å². The third-order valence-electron chi connectivity index (χ3n) is 3.46. The predicted octanol–water partition coefficient (Wildman–Crippen LogP) is 3.53. The van der Waals surface area contributed by atoms with E-state index < -0.39 is 50.0 Å². The smallest absolute Gasteiger partial charge is 0.327 e. The molecule has 0 aliphatic carbocycles. The Morgan fingerprint density at radius 2 is 1.93 bits per heavy atom. The molecule has 0 saturated carbocycles. The lowest BCUT2D eigenvalue weighted by Gasteiger charge is -2.24. The van der Waals surface area contributed by atoms with Gasteiger partial charge in [-0.1, -0.05) is 23.7 Å². The Hall–Kier alpha value is -2.72. The highest BCUT2D eigenvalue weighted by molar-refractivity contribution is 7.93. The van der Waals surface area contributed by atoms with Crippen molar-refractivity contribution in [2.24, 2.45) is 0 Å². The highest BCUT2D eigenvalue weighted by atomic mass is 35.5. The van der Waals surface area contributed by atoms with Gasteiger partial charge < -0.3 is 4.74 Å². The third-order valence-corrected chi connectivity index (χ3v) is 5.57. The van der Waals surface area contributed by atoms with E-state index in [0.29, 0.717) is 4.31 Å². The fraction of sp³-hybridized carbons (Fsp3) is 0.235. The molecule has 28 heavy (non-hydrogen) atoms. The van der Waals surface area contributed by atoms with Crippen LogP contribution in [0.15, 0.2) is 47.4 Å². The van der Waals surface area contributed by atoms with Crippen molar-refractivity contribution in [2.75, 3.05) is 10.8 Å². The normalized spacial score (nSPS) is 11.3.